The summed E-state index contributed by atoms with van der Waals surface area (Å²) in [6.07, 6.45) is -0.0931. The van der Waals surface area contributed by atoms with E-state index in [1.54, 1.807) is 4.90 Å². The molecule has 3 aliphatic heterocycles. The lowest BCUT2D eigenvalue weighted by Gasteiger charge is -2.56. The number of sulfone groups is 1. The van der Waals surface area contributed by atoms with Gasteiger partial charge in [0.25, 0.3) is 0 Å². The zero-order valence-corrected chi connectivity index (χ0v) is 16.4. The van der Waals surface area contributed by atoms with Gasteiger partial charge in [0.05, 0.1) is 18.0 Å². The third kappa shape index (κ3) is 3.61. The molecule has 6 nitrogen and oxygen atoms in total. The third-order valence-corrected chi connectivity index (χ3v) is 7.79. The Balaban J connectivity index is 1.47. The van der Waals surface area contributed by atoms with Crippen LogP contribution in [0.1, 0.15) is 6.42 Å². The van der Waals surface area contributed by atoms with Crippen LogP contribution in [0.2, 0.25) is 0 Å². The number of rotatable bonds is 5. The number of nitrogens with zero attached hydrogens (tertiary/aromatic N) is 2. The summed E-state index contributed by atoms with van der Waals surface area (Å²) in [5, 5.41) is 0. The minimum absolute atomic E-state index is 0.0533. The molecule has 3 saturated heterocycles. The van der Waals surface area contributed by atoms with Crippen molar-refractivity contribution in [1.29, 1.82) is 0 Å². The van der Waals surface area contributed by atoms with Crippen LogP contribution in [0, 0.1) is 17.0 Å². The molecule has 3 fully saturated rings. The van der Waals surface area contributed by atoms with Crippen molar-refractivity contribution >= 4 is 39.1 Å². The van der Waals surface area contributed by atoms with E-state index in [1.165, 1.54) is 0 Å². The van der Waals surface area contributed by atoms with Crippen LogP contribution in [-0.2, 0) is 14.6 Å². The van der Waals surface area contributed by atoms with Crippen molar-refractivity contribution in [2.24, 2.45) is 5.41 Å². The number of thioether (sulfide) groups is 1. The van der Waals surface area contributed by atoms with Crippen LogP contribution in [-0.4, -0.2) is 63.8 Å². The molecule has 148 valence electrons. The van der Waals surface area contributed by atoms with Gasteiger partial charge in [-0.05, 0) is 0 Å². The minimum Gasteiger partial charge on any atom is -0.444 e. The van der Waals surface area contributed by atoms with Gasteiger partial charge in [0.2, 0.25) is 0 Å². The van der Waals surface area contributed by atoms with Gasteiger partial charge in [-0.25, -0.2) is 22.0 Å². The van der Waals surface area contributed by atoms with Crippen molar-refractivity contribution in [3.8, 4) is 0 Å². The first-order valence-corrected chi connectivity index (χ1v) is 11.8. The van der Waals surface area contributed by atoms with Crippen molar-refractivity contribution in [1.82, 2.24) is 0 Å². The number of cyclic esters (lactones) is 1. The number of anilines is 2. The molecule has 0 N–H and O–H groups in total. The molecule has 3 aliphatic rings. The molecule has 1 atom stereocenters. The highest BCUT2D eigenvalue weighted by molar-refractivity contribution is 8.00. The van der Waals surface area contributed by atoms with Gasteiger partial charge in [0, 0.05) is 54.8 Å². The summed E-state index contributed by atoms with van der Waals surface area (Å²) in [5.41, 5.74) is 0.228. The molecule has 1 aromatic carbocycles. The van der Waals surface area contributed by atoms with Crippen LogP contribution < -0.4 is 9.80 Å². The second kappa shape index (κ2) is 6.51. The lowest BCUT2D eigenvalue weighted by atomic mass is 9.82. The number of amides is 1. The first-order chi connectivity index (χ1) is 12.7. The zero-order chi connectivity index (χ0) is 19.4. The highest BCUT2D eigenvalue weighted by Gasteiger charge is 2.49. The number of ether oxygens (including phenoxy) is 1. The van der Waals surface area contributed by atoms with Crippen molar-refractivity contribution in [3.05, 3.63) is 23.8 Å². The van der Waals surface area contributed by atoms with E-state index < -0.39 is 33.7 Å². The van der Waals surface area contributed by atoms with Crippen LogP contribution >= 0.6 is 11.8 Å². The third-order valence-electron chi connectivity index (χ3n) is 5.18. The van der Waals surface area contributed by atoms with Crippen LogP contribution in [0.25, 0.3) is 0 Å². The summed E-state index contributed by atoms with van der Waals surface area (Å²) in [5.74, 6) is 0.520. The Kier molecular flexibility index (Phi) is 4.53. The Morgan fingerprint density at radius 2 is 1.89 bits per heavy atom. The molecule has 10 heteroatoms. The summed E-state index contributed by atoms with van der Waals surface area (Å²) in [7, 11) is -3.18. The number of halogens is 2. The van der Waals surface area contributed by atoms with E-state index in [0.717, 1.165) is 34.8 Å². The van der Waals surface area contributed by atoms with Crippen molar-refractivity contribution < 1.29 is 26.7 Å². The molecular weight excluding hydrogens is 398 g/mol. The molecule has 4 rings (SSSR count). The standard InChI is InChI=1S/C17H20F2N2O4S2/c1-27(23,24)3-2-12-6-21(16(22)25-12)11-4-13(18)15(14(19)5-11)20-7-17(8-20)9-26-10-17/h4-5,12H,2-3,6-10H2,1H3/t12-/m0/s1. The Hall–Kier alpha value is -1.55. The predicted molar refractivity (Wildman–Crippen MR) is 100 cm³/mol. The molecule has 1 spiro atoms. The molecule has 0 radical (unpaired) electrons. The number of hydrogen-bond donors (Lipinski definition) is 0. The summed E-state index contributed by atoms with van der Waals surface area (Å²) >= 11 is 1.84. The molecule has 0 saturated carbocycles. The molecule has 3 heterocycles. The fourth-order valence-corrected chi connectivity index (χ4v) is 5.57. The molecule has 0 bridgehead atoms. The van der Waals surface area contributed by atoms with Crippen LogP contribution in [0.4, 0.5) is 25.0 Å². The van der Waals surface area contributed by atoms with Gasteiger partial charge in [-0.15, -0.1) is 0 Å². The molecule has 27 heavy (non-hydrogen) atoms. The maximum Gasteiger partial charge on any atom is 0.414 e. The van der Waals surface area contributed by atoms with E-state index in [2.05, 4.69) is 0 Å². The summed E-state index contributed by atoms with van der Waals surface area (Å²) in [6, 6.07) is 2.28. The average molecular weight is 418 g/mol. The fourth-order valence-electron chi connectivity index (χ4n) is 3.73. The van der Waals surface area contributed by atoms with Gasteiger partial charge in [0.1, 0.15) is 21.6 Å². The topological polar surface area (TPSA) is 66.9 Å². The highest BCUT2D eigenvalue weighted by Crippen LogP contribution is 2.48. The second-order valence-electron chi connectivity index (χ2n) is 7.64. The lowest BCUT2D eigenvalue weighted by molar-refractivity contribution is 0.139. The molecule has 0 unspecified atom stereocenters. The average Bonchev–Trinajstić information content (AvgIpc) is 2.85. The SMILES string of the molecule is CS(=O)(=O)CC[C@H]1CN(c2cc(F)c(N3CC4(CSC4)C3)c(F)c2)C(=O)O1. The molecular formula is C17H20F2N2O4S2. The maximum atomic E-state index is 14.6. The first-order valence-electron chi connectivity index (χ1n) is 8.63. The van der Waals surface area contributed by atoms with Crippen LogP contribution in [0.15, 0.2) is 12.1 Å². The van der Waals surface area contributed by atoms with Crippen LogP contribution in [0.3, 0.4) is 0 Å². The Bertz CT molecular complexity index is 858. The smallest absolute Gasteiger partial charge is 0.414 e. The normalized spacial score (nSPS) is 24.0. The van der Waals surface area contributed by atoms with Crippen molar-refractivity contribution in [2.75, 3.05) is 52.9 Å². The first kappa shape index (κ1) is 18.8. The predicted octanol–water partition coefficient (Wildman–Crippen LogP) is 2.28. The van der Waals surface area contributed by atoms with Gasteiger partial charge >= 0.3 is 6.09 Å². The van der Waals surface area contributed by atoms with E-state index in [1.807, 2.05) is 11.8 Å². The second-order valence-corrected chi connectivity index (χ2v) is 10.9. The number of carbonyl (C=O) groups is 1. The Labute approximate surface area is 160 Å². The van der Waals surface area contributed by atoms with Gasteiger partial charge in [-0.1, -0.05) is 0 Å². The largest absolute Gasteiger partial charge is 0.444 e. The summed E-state index contributed by atoms with van der Waals surface area (Å²) in [4.78, 5) is 14.9. The van der Waals surface area contributed by atoms with Gasteiger partial charge < -0.3 is 9.64 Å². The van der Waals surface area contributed by atoms with E-state index >= 15 is 0 Å². The number of carbonyl (C=O) groups excluding carboxylic acids is 1. The molecule has 0 aromatic heterocycles. The van der Waals surface area contributed by atoms with Crippen LogP contribution in [0.5, 0.6) is 0 Å². The Morgan fingerprint density at radius 3 is 2.41 bits per heavy atom. The van der Waals surface area contributed by atoms with Gasteiger partial charge in [0.15, 0.2) is 11.6 Å². The lowest BCUT2D eigenvalue weighted by Crippen LogP contribution is -2.63. The van der Waals surface area contributed by atoms with Gasteiger partial charge in [-0.3, -0.25) is 4.90 Å². The quantitative estimate of drug-likeness (QED) is 0.731. The molecule has 1 aromatic rings. The maximum absolute atomic E-state index is 14.6. The molecule has 1 amide bonds. The molecule has 0 aliphatic carbocycles. The highest BCUT2D eigenvalue weighted by atomic mass is 32.2. The zero-order valence-electron chi connectivity index (χ0n) is 14.8. The van der Waals surface area contributed by atoms with Crippen molar-refractivity contribution in [3.63, 3.8) is 0 Å². The van der Waals surface area contributed by atoms with E-state index in [0.29, 0.717) is 13.1 Å². The number of benzene rings is 1. The van der Waals surface area contributed by atoms with E-state index in [4.69, 9.17) is 4.74 Å². The minimum atomic E-state index is -3.18. The summed E-state index contributed by atoms with van der Waals surface area (Å²) in [6.45, 7) is 1.36. The van der Waals surface area contributed by atoms with E-state index in [9.17, 15) is 22.0 Å². The monoisotopic (exact) mass is 418 g/mol. The Morgan fingerprint density at radius 1 is 1.26 bits per heavy atom. The van der Waals surface area contributed by atoms with Crippen molar-refractivity contribution in [2.45, 2.75) is 12.5 Å². The fraction of sp³-hybridized carbons (Fsp3) is 0.588. The van der Waals surface area contributed by atoms with E-state index in [-0.39, 0.29) is 35.5 Å². The summed E-state index contributed by atoms with van der Waals surface area (Å²) < 4.78 is 56.8. The number of hydrogen-bond acceptors (Lipinski definition) is 6. The van der Waals surface area contributed by atoms with Gasteiger partial charge in [-0.2, -0.15) is 11.8 Å².